The van der Waals surface area contributed by atoms with Gasteiger partial charge in [-0.15, -0.1) is 0 Å². The Bertz CT molecular complexity index is 723. The highest BCUT2D eigenvalue weighted by Crippen LogP contribution is 2.35. The van der Waals surface area contributed by atoms with E-state index in [0.717, 1.165) is 0 Å². The first-order valence-corrected chi connectivity index (χ1v) is 6.92. The minimum atomic E-state index is 0.323. The van der Waals surface area contributed by atoms with Crippen LogP contribution in [0.4, 0.5) is 0 Å². The van der Waals surface area contributed by atoms with E-state index >= 15 is 0 Å². The maximum atomic E-state index is 2.31. The van der Waals surface area contributed by atoms with Crippen LogP contribution in [0.1, 0.15) is 17.2 Å². The number of allylic oxidation sites excluding steroid dienone is 2. The van der Waals surface area contributed by atoms with E-state index in [-0.39, 0.29) is 0 Å². The van der Waals surface area contributed by atoms with Crippen molar-refractivity contribution in [2.24, 2.45) is 0 Å². The third-order valence-electron chi connectivity index (χ3n) is 3.92. The van der Waals surface area contributed by atoms with Crippen LogP contribution in [0.5, 0.6) is 0 Å². The first-order chi connectivity index (χ1) is 9.92. The molecule has 0 saturated heterocycles. The molecule has 0 spiro atoms. The fourth-order valence-corrected chi connectivity index (χ4v) is 2.88. The Labute approximate surface area is 119 Å². The molecule has 1 unspecified atom stereocenters. The van der Waals surface area contributed by atoms with Gasteiger partial charge in [0.2, 0.25) is 0 Å². The summed E-state index contributed by atoms with van der Waals surface area (Å²) in [5.41, 5.74) is 5.23. The van der Waals surface area contributed by atoms with E-state index in [1.54, 1.807) is 0 Å². The van der Waals surface area contributed by atoms with Gasteiger partial charge in [-0.25, -0.2) is 0 Å². The van der Waals surface area contributed by atoms with E-state index in [1.165, 1.54) is 22.3 Å². The molecule has 0 bridgehead atoms. The van der Waals surface area contributed by atoms with Gasteiger partial charge >= 0.3 is 0 Å². The molecular formula is C19H15N. The molecule has 0 N–H and O–H groups in total. The molecule has 4 rings (SSSR count). The molecule has 0 amide bonds. The van der Waals surface area contributed by atoms with Crippen molar-refractivity contribution < 1.29 is 0 Å². The Kier molecular flexibility index (Phi) is 2.56. The highest BCUT2D eigenvalue weighted by molar-refractivity contribution is 5.69. The molecule has 0 saturated carbocycles. The average molecular weight is 257 g/mol. The maximum Gasteiger partial charge on any atom is 0.0773 e. The van der Waals surface area contributed by atoms with Gasteiger partial charge in [-0.05, 0) is 40.5 Å². The Morgan fingerprint density at radius 1 is 0.800 bits per heavy atom. The van der Waals surface area contributed by atoms with Crippen molar-refractivity contribution >= 4 is 6.08 Å². The summed E-state index contributed by atoms with van der Waals surface area (Å²) in [5.74, 6) is 0. The summed E-state index contributed by atoms with van der Waals surface area (Å²) in [6, 6.07) is 17.6. The van der Waals surface area contributed by atoms with Crippen LogP contribution in [0.3, 0.4) is 0 Å². The summed E-state index contributed by atoms with van der Waals surface area (Å²) in [6.45, 7) is 0. The van der Waals surface area contributed by atoms with Crippen LogP contribution in [-0.2, 0) is 0 Å². The second kappa shape index (κ2) is 4.53. The second-order valence-corrected chi connectivity index (χ2v) is 5.14. The first kappa shape index (κ1) is 11.3. The molecule has 1 atom stereocenters. The van der Waals surface area contributed by atoms with Crippen LogP contribution in [0, 0.1) is 0 Å². The second-order valence-electron chi connectivity index (χ2n) is 5.14. The van der Waals surface area contributed by atoms with Crippen molar-refractivity contribution in [3.05, 3.63) is 90.3 Å². The van der Waals surface area contributed by atoms with Gasteiger partial charge in [0.15, 0.2) is 0 Å². The third kappa shape index (κ3) is 1.79. The van der Waals surface area contributed by atoms with E-state index in [0.29, 0.717) is 6.04 Å². The SMILES string of the molecule is C1=CC2c3cc(-c4ccccc4)ccc3C=CN2C=C1. The number of hydrogen-bond donors (Lipinski definition) is 0. The van der Waals surface area contributed by atoms with Gasteiger partial charge in [-0.1, -0.05) is 54.6 Å². The minimum Gasteiger partial charge on any atom is -0.343 e. The van der Waals surface area contributed by atoms with Crippen LogP contribution < -0.4 is 0 Å². The minimum absolute atomic E-state index is 0.323. The Balaban J connectivity index is 1.83. The summed E-state index contributed by atoms with van der Waals surface area (Å²) in [5, 5.41) is 0. The molecule has 2 aliphatic rings. The molecule has 20 heavy (non-hydrogen) atoms. The standard InChI is InChI=1S/C19H15N/c1-2-6-15(7-3-1)17-10-9-16-11-13-20-12-5-4-8-19(20)18(16)14-17/h1-14,19H. The van der Waals surface area contributed by atoms with Crippen molar-refractivity contribution in [1.29, 1.82) is 0 Å². The molecule has 0 aromatic heterocycles. The van der Waals surface area contributed by atoms with Gasteiger partial charge in [0.25, 0.3) is 0 Å². The molecule has 96 valence electrons. The summed E-state index contributed by atoms with van der Waals surface area (Å²) < 4.78 is 0. The van der Waals surface area contributed by atoms with Crippen molar-refractivity contribution in [3.8, 4) is 11.1 Å². The van der Waals surface area contributed by atoms with E-state index in [2.05, 4.69) is 90.1 Å². The Morgan fingerprint density at radius 3 is 2.60 bits per heavy atom. The van der Waals surface area contributed by atoms with Gasteiger partial charge in [-0.2, -0.15) is 0 Å². The number of hydrogen-bond acceptors (Lipinski definition) is 1. The van der Waals surface area contributed by atoms with E-state index in [1.807, 2.05) is 0 Å². The van der Waals surface area contributed by atoms with Gasteiger partial charge in [0, 0.05) is 12.4 Å². The van der Waals surface area contributed by atoms with Crippen molar-refractivity contribution in [3.63, 3.8) is 0 Å². The van der Waals surface area contributed by atoms with Gasteiger partial charge in [0.1, 0.15) is 0 Å². The van der Waals surface area contributed by atoms with E-state index in [9.17, 15) is 0 Å². The lowest BCUT2D eigenvalue weighted by Crippen LogP contribution is -2.21. The van der Waals surface area contributed by atoms with Crippen LogP contribution in [-0.4, -0.2) is 4.90 Å². The predicted molar refractivity (Wildman–Crippen MR) is 83.8 cm³/mol. The molecule has 2 aromatic carbocycles. The lowest BCUT2D eigenvalue weighted by atomic mass is 9.91. The molecule has 0 fully saturated rings. The Hall–Kier alpha value is -2.54. The zero-order valence-electron chi connectivity index (χ0n) is 11.1. The molecule has 0 radical (unpaired) electrons. The third-order valence-corrected chi connectivity index (χ3v) is 3.92. The fourth-order valence-electron chi connectivity index (χ4n) is 2.88. The molecule has 2 aliphatic heterocycles. The summed E-state index contributed by atoms with van der Waals surface area (Å²) in [7, 11) is 0. The average Bonchev–Trinajstić information content (AvgIpc) is 2.55. The molecular weight excluding hydrogens is 242 g/mol. The van der Waals surface area contributed by atoms with Crippen molar-refractivity contribution in [2.75, 3.05) is 0 Å². The quantitative estimate of drug-likeness (QED) is 0.711. The molecule has 2 heterocycles. The molecule has 0 aliphatic carbocycles. The topological polar surface area (TPSA) is 3.24 Å². The van der Waals surface area contributed by atoms with E-state index in [4.69, 9.17) is 0 Å². The summed E-state index contributed by atoms with van der Waals surface area (Å²) >= 11 is 0. The molecule has 2 aromatic rings. The molecule has 1 heteroatoms. The lowest BCUT2D eigenvalue weighted by molar-refractivity contribution is 0.430. The summed E-state index contributed by atoms with van der Waals surface area (Å²) in [6.07, 6.45) is 12.9. The Morgan fingerprint density at radius 2 is 1.70 bits per heavy atom. The monoisotopic (exact) mass is 257 g/mol. The number of rotatable bonds is 1. The van der Waals surface area contributed by atoms with Crippen molar-refractivity contribution in [2.45, 2.75) is 6.04 Å². The van der Waals surface area contributed by atoms with Crippen LogP contribution >= 0.6 is 0 Å². The van der Waals surface area contributed by atoms with Crippen LogP contribution in [0.25, 0.3) is 17.2 Å². The zero-order valence-corrected chi connectivity index (χ0v) is 11.1. The van der Waals surface area contributed by atoms with Gasteiger partial charge in [0.05, 0.1) is 6.04 Å². The normalized spacial score (nSPS) is 18.8. The van der Waals surface area contributed by atoms with Crippen molar-refractivity contribution in [1.82, 2.24) is 4.90 Å². The lowest BCUT2D eigenvalue weighted by Gasteiger charge is -2.32. The highest BCUT2D eigenvalue weighted by Gasteiger charge is 2.21. The van der Waals surface area contributed by atoms with Crippen LogP contribution in [0.2, 0.25) is 0 Å². The number of benzene rings is 2. The largest absolute Gasteiger partial charge is 0.343 e. The zero-order chi connectivity index (χ0) is 13.4. The predicted octanol–water partition coefficient (Wildman–Crippen LogP) is 4.76. The van der Waals surface area contributed by atoms with Gasteiger partial charge < -0.3 is 4.90 Å². The highest BCUT2D eigenvalue weighted by atomic mass is 15.1. The summed E-state index contributed by atoms with van der Waals surface area (Å²) in [4.78, 5) is 2.25. The fraction of sp³-hybridized carbons (Fsp3) is 0.0526. The number of nitrogens with zero attached hydrogens (tertiary/aromatic N) is 1. The number of fused-ring (bicyclic) bond motifs is 3. The van der Waals surface area contributed by atoms with E-state index < -0.39 is 0 Å². The first-order valence-electron chi connectivity index (χ1n) is 6.92. The van der Waals surface area contributed by atoms with Gasteiger partial charge in [-0.3, -0.25) is 0 Å². The van der Waals surface area contributed by atoms with Crippen LogP contribution in [0.15, 0.2) is 79.2 Å². The smallest absolute Gasteiger partial charge is 0.0773 e. The maximum absolute atomic E-state index is 2.31. The molecule has 1 nitrogen and oxygen atoms in total.